The van der Waals surface area contributed by atoms with Gasteiger partial charge in [-0.1, -0.05) is 26.8 Å². The molecule has 0 radical (unpaired) electrons. The van der Waals surface area contributed by atoms with Crippen molar-refractivity contribution < 1.29 is 22.7 Å². The van der Waals surface area contributed by atoms with E-state index in [1.807, 2.05) is 0 Å². The lowest BCUT2D eigenvalue weighted by Crippen LogP contribution is -2.27. The molecule has 1 aromatic rings. The highest BCUT2D eigenvalue weighted by Crippen LogP contribution is 2.23. The Hall–Kier alpha value is -1.63. The van der Waals surface area contributed by atoms with E-state index in [-0.39, 0.29) is 11.4 Å². The molecule has 0 heterocycles. The molecule has 0 atom stereocenters. The minimum atomic E-state index is -3.75. The second kappa shape index (κ2) is 5.16. The van der Waals surface area contributed by atoms with Crippen LogP contribution in [0.5, 0.6) is 0 Å². The van der Waals surface area contributed by atoms with Crippen molar-refractivity contribution in [3.8, 4) is 0 Å². The number of anilines is 1. The summed E-state index contributed by atoms with van der Waals surface area (Å²) in [6, 6.07) is 3.43. The molecular formula is C12H16FNO4S. The fraction of sp³-hybridized carbons (Fsp3) is 0.417. The Balaban J connectivity index is 3.14. The van der Waals surface area contributed by atoms with Gasteiger partial charge >= 0.3 is 5.97 Å². The van der Waals surface area contributed by atoms with Gasteiger partial charge in [0.05, 0.1) is 11.4 Å². The molecule has 106 valence electrons. The van der Waals surface area contributed by atoms with Gasteiger partial charge in [-0.15, -0.1) is 0 Å². The first kappa shape index (κ1) is 15.4. The van der Waals surface area contributed by atoms with Gasteiger partial charge < -0.3 is 5.11 Å². The number of aromatic carboxylic acids is 1. The SMILES string of the molecule is CC(C)(C)CS(=O)(=O)Nc1cccc(F)c1C(=O)O. The van der Waals surface area contributed by atoms with Crippen LogP contribution >= 0.6 is 0 Å². The molecule has 0 aliphatic heterocycles. The summed E-state index contributed by atoms with van der Waals surface area (Å²) in [5, 5.41) is 8.90. The van der Waals surface area contributed by atoms with Crippen molar-refractivity contribution in [2.75, 3.05) is 10.5 Å². The van der Waals surface area contributed by atoms with E-state index in [4.69, 9.17) is 5.11 Å². The third-order valence-electron chi connectivity index (χ3n) is 2.12. The number of sulfonamides is 1. The Labute approximate surface area is 111 Å². The minimum Gasteiger partial charge on any atom is -0.478 e. The summed E-state index contributed by atoms with van der Waals surface area (Å²) in [6.45, 7) is 5.20. The van der Waals surface area contributed by atoms with Gasteiger partial charge in [-0.25, -0.2) is 17.6 Å². The predicted molar refractivity (Wildman–Crippen MR) is 70.2 cm³/mol. The highest BCUT2D eigenvalue weighted by atomic mass is 32.2. The molecule has 0 unspecified atom stereocenters. The number of halogens is 1. The van der Waals surface area contributed by atoms with E-state index in [0.717, 1.165) is 6.07 Å². The van der Waals surface area contributed by atoms with Crippen LogP contribution in [-0.2, 0) is 10.0 Å². The van der Waals surface area contributed by atoms with Crippen LogP contribution in [0.4, 0.5) is 10.1 Å². The zero-order valence-corrected chi connectivity index (χ0v) is 11.7. The topological polar surface area (TPSA) is 83.5 Å². The third kappa shape index (κ3) is 4.51. The van der Waals surface area contributed by atoms with Crippen LogP contribution in [0.15, 0.2) is 18.2 Å². The summed E-state index contributed by atoms with van der Waals surface area (Å²) in [4.78, 5) is 10.9. The first-order valence-electron chi connectivity index (χ1n) is 5.54. The van der Waals surface area contributed by atoms with Gasteiger partial charge in [-0.05, 0) is 17.5 Å². The van der Waals surface area contributed by atoms with E-state index < -0.39 is 32.8 Å². The summed E-state index contributed by atoms with van der Waals surface area (Å²) in [5.74, 6) is -2.70. The number of nitrogens with one attached hydrogen (secondary N) is 1. The second-order valence-electron chi connectivity index (χ2n) is 5.39. The van der Waals surface area contributed by atoms with Crippen molar-refractivity contribution in [3.05, 3.63) is 29.6 Å². The Morgan fingerprint density at radius 1 is 1.37 bits per heavy atom. The molecule has 7 heteroatoms. The Bertz CT molecular complexity index is 590. The number of carboxylic acid groups (broad SMARTS) is 1. The summed E-state index contributed by atoms with van der Waals surface area (Å²) in [7, 11) is -3.75. The van der Waals surface area contributed by atoms with E-state index in [9.17, 15) is 17.6 Å². The molecule has 0 aliphatic rings. The number of carboxylic acids is 1. The number of hydrogen-bond donors (Lipinski definition) is 2. The molecule has 2 N–H and O–H groups in total. The van der Waals surface area contributed by atoms with E-state index in [1.54, 1.807) is 20.8 Å². The highest BCUT2D eigenvalue weighted by Gasteiger charge is 2.24. The maximum absolute atomic E-state index is 13.4. The van der Waals surface area contributed by atoms with Gasteiger partial charge in [0.2, 0.25) is 10.0 Å². The maximum atomic E-state index is 13.4. The monoisotopic (exact) mass is 289 g/mol. The zero-order valence-electron chi connectivity index (χ0n) is 10.9. The van der Waals surface area contributed by atoms with Crippen LogP contribution in [0.25, 0.3) is 0 Å². The number of carbonyl (C=O) groups is 1. The van der Waals surface area contributed by atoms with Gasteiger partial charge in [-0.3, -0.25) is 4.72 Å². The molecule has 0 aromatic heterocycles. The lowest BCUT2D eigenvalue weighted by atomic mass is 10.0. The Kier molecular flexibility index (Phi) is 4.19. The first-order chi connectivity index (χ1) is 8.52. The average Bonchev–Trinajstić information content (AvgIpc) is 2.11. The largest absolute Gasteiger partial charge is 0.478 e. The van der Waals surface area contributed by atoms with E-state index >= 15 is 0 Å². The van der Waals surface area contributed by atoms with Crippen molar-refractivity contribution in [3.63, 3.8) is 0 Å². The summed E-state index contributed by atoms with van der Waals surface area (Å²) >= 11 is 0. The van der Waals surface area contributed by atoms with Gasteiger partial charge in [0.15, 0.2) is 0 Å². The quantitative estimate of drug-likeness (QED) is 0.891. The van der Waals surface area contributed by atoms with Crippen molar-refractivity contribution in [2.45, 2.75) is 20.8 Å². The highest BCUT2D eigenvalue weighted by molar-refractivity contribution is 7.92. The fourth-order valence-electron chi connectivity index (χ4n) is 1.60. The second-order valence-corrected chi connectivity index (χ2v) is 7.11. The molecule has 0 amide bonds. The van der Waals surface area contributed by atoms with E-state index in [0.29, 0.717) is 0 Å². The Morgan fingerprint density at radius 2 is 1.95 bits per heavy atom. The molecule has 0 spiro atoms. The van der Waals surface area contributed by atoms with Crippen LogP contribution in [-0.4, -0.2) is 25.2 Å². The molecule has 5 nitrogen and oxygen atoms in total. The lowest BCUT2D eigenvalue weighted by molar-refractivity contribution is 0.0693. The number of benzene rings is 1. The van der Waals surface area contributed by atoms with Crippen LogP contribution in [0, 0.1) is 11.2 Å². The normalized spacial score (nSPS) is 12.2. The third-order valence-corrected chi connectivity index (χ3v) is 3.89. The smallest absolute Gasteiger partial charge is 0.340 e. The molecular weight excluding hydrogens is 273 g/mol. The average molecular weight is 289 g/mol. The minimum absolute atomic E-state index is 0.199. The van der Waals surface area contributed by atoms with Crippen molar-refractivity contribution in [2.24, 2.45) is 5.41 Å². The first-order valence-corrected chi connectivity index (χ1v) is 7.19. The summed E-state index contributed by atoms with van der Waals surface area (Å²) in [5.41, 5.74) is -1.44. The van der Waals surface area contributed by atoms with E-state index in [2.05, 4.69) is 4.72 Å². The number of hydrogen-bond acceptors (Lipinski definition) is 3. The van der Waals surface area contributed by atoms with Gasteiger partial charge in [0.25, 0.3) is 0 Å². The fourth-order valence-corrected chi connectivity index (χ4v) is 3.32. The maximum Gasteiger partial charge on any atom is 0.340 e. The van der Waals surface area contributed by atoms with Gasteiger partial charge in [0, 0.05) is 0 Å². The summed E-state index contributed by atoms with van der Waals surface area (Å²) < 4.78 is 39.3. The molecule has 0 aliphatic carbocycles. The molecule has 1 rings (SSSR count). The van der Waals surface area contributed by atoms with Gasteiger partial charge in [0.1, 0.15) is 11.4 Å². The van der Waals surface area contributed by atoms with Crippen molar-refractivity contribution in [1.29, 1.82) is 0 Å². The van der Waals surface area contributed by atoms with Crippen LogP contribution in [0.2, 0.25) is 0 Å². The predicted octanol–water partition coefficient (Wildman–Crippen LogP) is 2.31. The lowest BCUT2D eigenvalue weighted by Gasteiger charge is -2.19. The Morgan fingerprint density at radius 3 is 2.42 bits per heavy atom. The van der Waals surface area contributed by atoms with Crippen LogP contribution in [0.3, 0.4) is 0 Å². The van der Waals surface area contributed by atoms with E-state index in [1.165, 1.54) is 12.1 Å². The summed E-state index contributed by atoms with van der Waals surface area (Å²) in [6.07, 6.45) is 0. The molecule has 0 fully saturated rings. The standard InChI is InChI=1S/C12H16FNO4S/c1-12(2,3)7-19(17,18)14-9-6-4-5-8(13)10(9)11(15)16/h4-6,14H,7H2,1-3H3,(H,15,16). The van der Waals surface area contributed by atoms with Crippen LogP contribution < -0.4 is 4.72 Å². The van der Waals surface area contributed by atoms with Crippen LogP contribution in [0.1, 0.15) is 31.1 Å². The number of rotatable bonds is 4. The van der Waals surface area contributed by atoms with Crippen molar-refractivity contribution in [1.82, 2.24) is 0 Å². The zero-order chi connectivity index (χ0) is 14.8. The molecule has 0 bridgehead atoms. The van der Waals surface area contributed by atoms with Gasteiger partial charge in [-0.2, -0.15) is 0 Å². The molecule has 0 saturated carbocycles. The molecule has 0 saturated heterocycles. The van der Waals surface area contributed by atoms with Crippen molar-refractivity contribution >= 4 is 21.7 Å². The molecule has 19 heavy (non-hydrogen) atoms. The molecule has 1 aromatic carbocycles.